The van der Waals surface area contributed by atoms with Crippen LogP contribution >= 0.6 is 0 Å². The van der Waals surface area contributed by atoms with Gasteiger partial charge in [-0.25, -0.2) is 0 Å². The Morgan fingerprint density at radius 3 is 2.56 bits per heavy atom. The highest BCUT2D eigenvalue weighted by atomic mass is 15.1. The SMILES string of the molecule is CN(CC1CCCC1)CC(C#N)c1ccccc1. The molecule has 18 heavy (non-hydrogen) atoms. The molecule has 1 aliphatic carbocycles. The van der Waals surface area contributed by atoms with Crippen molar-refractivity contribution in [3.05, 3.63) is 35.9 Å². The van der Waals surface area contributed by atoms with Gasteiger partial charge in [-0.1, -0.05) is 43.2 Å². The van der Waals surface area contributed by atoms with Gasteiger partial charge >= 0.3 is 0 Å². The molecule has 0 spiro atoms. The fourth-order valence-electron chi connectivity index (χ4n) is 2.93. The second-order valence-corrected chi connectivity index (χ2v) is 5.46. The Morgan fingerprint density at radius 2 is 1.94 bits per heavy atom. The minimum absolute atomic E-state index is 0.00222. The molecule has 1 saturated carbocycles. The van der Waals surface area contributed by atoms with Crippen molar-refractivity contribution in [2.45, 2.75) is 31.6 Å². The molecule has 0 aliphatic heterocycles. The highest BCUT2D eigenvalue weighted by Gasteiger charge is 2.19. The summed E-state index contributed by atoms with van der Waals surface area (Å²) in [5.74, 6) is 0.850. The lowest BCUT2D eigenvalue weighted by molar-refractivity contribution is 0.274. The summed E-state index contributed by atoms with van der Waals surface area (Å²) in [7, 11) is 2.14. The second kappa shape index (κ2) is 6.56. The van der Waals surface area contributed by atoms with Crippen LogP contribution in [0.5, 0.6) is 0 Å². The summed E-state index contributed by atoms with van der Waals surface area (Å²) in [6.45, 7) is 1.99. The zero-order valence-electron chi connectivity index (χ0n) is 11.2. The Kier molecular flexibility index (Phi) is 4.78. The molecule has 0 aromatic heterocycles. The average molecular weight is 242 g/mol. The van der Waals surface area contributed by atoms with Crippen LogP contribution in [-0.2, 0) is 0 Å². The molecule has 1 aromatic carbocycles. The maximum absolute atomic E-state index is 9.31. The van der Waals surface area contributed by atoms with Crippen molar-refractivity contribution in [1.29, 1.82) is 5.26 Å². The fraction of sp³-hybridized carbons (Fsp3) is 0.562. The molecule has 0 N–H and O–H groups in total. The molecule has 2 nitrogen and oxygen atoms in total. The number of hydrogen-bond acceptors (Lipinski definition) is 2. The largest absolute Gasteiger partial charge is 0.304 e. The van der Waals surface area contributed by atoms with Crippen molar-refractivity contribution < 1.29 is 0 Å². The Bertz CT molecular complexity index is 387. The first-order valence-corrected chi connectivity index (χ1v) is 6.92. The molecule has 0 saturated heterocycles. The molecule has 0 amide bonds. The Labute approximate surface area is 110 Å². The number of likely N-dealkylation sites (N-methyl/N-ethyl adjacent to an activating group) is 1. The maximum Gasteiger partial charge on any atom is 0.0839 e. The van der Waals surface area contributed by atoms with E-state index < -0.39 is 0 Å². The molecule has 96 valence electrons. The molecule has 1 aliphatic rings. The van der Waals surface area contributed by atoms with Crippen molar-refractivity contribution in [1.82, 2.24) is 4.90 Å². The zero-order valence-corrected chi connectivity index (χ0v) is 11.2. The van der Waals surface area contributed by atoms with Gasteiger partial charge in [0, 0.05) is 13.1 Å². The van der Waals surface area contributed by atoms with Crippen LogP contribution in [0.1, 0.15) is 37.2 Å². The average Bonchev–Trinajstić information content (AvgIpc) is 2.90. The predicted octanol–water partition coefficient (Wildman–Crippen LogP) is 3.42. The van der Waals surface area contributed by atoms with Crippen LogP contribution in [0.2, 0.25) is 0 Å². The van der Waals surface area contributed by atoms with Crippen molar-refractivity contribution in [3.8, 4) is 6.07 Å². The van der Waals surface area contributed by atoms with Gasteiger partial charge in [0.25, 0.3) is 0 Å². The van der Waals surface area contributed by atoms with Gasteiger partial charge in [-0.05, 0) is 31.4 Å². The first-order chi connectivity index (χ1) is 8.79. The topological polar surface area (TPSA) is 27.0 Å². The molecular formula is C16H22N2. The molecule has 2 heteroatoms. The van der Waals surface area contributed by atoms with Crippen molar-refractivity contribution in [2.24, 2.45) is 5.92 Å². The van der Waals surface area contributed by atoms with E-state index in [9.17, 15) is 5.26 Å². The van der Waals surface area contributed by atoms with E-state index in [-0.39, 0.29) is 5.92 Å². The molecule has 0 heterocycles. The number of rotatable bonds is 5. The number of hydrogen-bond donors (Lipinski definition) is 0. The first kappa shape index (κ1) is 13.1. The molecule has 1 fully saturated rings. The highest BCUT2D eigenvalue weighted by Crippen LogP contribution is 2.26. The lowest BCUT2D eigenvalue weighted by Crippen LogP contribution is -2.28. The van der Waals surface area contributed by atoms with E-state index in [1.165, 1.54) is 25.7 Å². The third-order valence-corrected chi connectivity index (χ3v) is 3.90. The van der Waals surface area contributed by atoms with Gasteiger partial charge in [0.15, 0.2) is 0 Å². The smallest absolute Gasteiger partial charge is 0.0839 e. The second-order valence-electron chi connectivity index (χ2n) is 5.46. The normalized spacial score (nSPS) is 17.8. The fourth-order valence-corrected chi connectivity index (χ4v) is 2.93. The van der Waals surface area contributed by atoms with Crippen LogP contribution < -0.4 is 0 Å². The molecule has 0 radical (unpaired) electrons. The maximum atomic E-state index is 9.31. The van der Waals surface area contributed by atoms with E-state index in [0.717, 1.165) is 24.6 Å². The van der Waals surface area contributed by atoms with Crippen LogP contribution in [0.3, 0.4) is 0 Å². The van der Waals surface area contributed by atoms with E-state index in [0.29, 0.717) is 0 Å². The van der Waals surface area contributed by atoms with Crippen molar-refractivity contribution in [2.75, 3.05) is 20.1 Å². The van der Waals surface area contributed by atoms with Crippen LogP contribution in [0.15, 0.2) is 30.3 Å². The number of nitriles is 1. The molecule has 1 aromatic rings. The van der Waals surface area contributed by atoms with Crippen molar-refractivity contribution >= 4 is 0 Å². The van der Waals surface area contributed by atoms with Crippen LogP contribution in [-0.4, -0.2) is 25.0 Å². The molecule has 0 bridgehead atoms. The predicted molar refractivity (Wildman–Crippen MR) is 74.3 cm³/mol. The molecular weight excluding hydrogens is 220 g/mol. The minimum Gasteiger partial charge on any atom is -0.304 e. The summed E-state index contributed by atoms with van der Waals surface area (Å²) in [5.41, 5.74) is 1.14. The van der Waals surface area contributed by atoms with Gasteiger partial charge in [0.1, 0.15) is 0 Å². The summed E-state index contributed by atoms with van der Waals surface area (Å²) in [4.78, 5) is 2.33. The van der Waals surface area contributed by atoms with E-state index in [1.807, 2.05) is 18.2 Å². The summed E-state index contributed by atoms with van der Waals surface area (Å²) in [6.07, 6.45) is 5.51. The van der Waals surface area contributed by atoms with Crippen molar-refractivity contribution in [3.63, 3.8) is 0 Å². The van der Waals surface area contributed by atoms with Crippen LogP contribution in [0, 0.1) is 17.2 Å². The van der Waals surface area contributed by atoms with Gasteiger partial charge < -0.3 is 4.90 Å². The Balaban J connectivity index is 1.88. The summed E-state index contributed by atoms with van der Waals surface area (Å²) in [6, 6.07) is 12.6. The number of benzene rings is 1. The van der Waals surface area contributed by atoms with Gasteiger partial charge in [-0.2, -0.15) is 5.26 Å². The quantitative estimate of drug-likeness (QED) is 0.791. The Hall–Kier alpha value is -1.33. The van der Waals surface area contributed by atoms with E-state index in [2.05, 4.69) is 30.1 Å². The summed E-state index contributed by atoms with van der Waals surface area (Å²) < 4.78 is 0. The van der Waals surface area contributed by atoms with Gasteiger partial charge in [0.2, 0.25) is 0 Å². The molecule has 2 rings (SSSR count). The lowest BCUT2D eigenvalue weighted by atomic mass is 9.99. The summed E-state index contributed by atoms with van der Waals surface area (Å²) in [5, 5.41) is 9.31. The zero-order chi connectivity index (χ0) is 12.8. The lowest BCUT2D eigenvalue weighted by Gasteiger charge is -2.23. The van der Waals surface area contributed by atoms with E-state index in [4.69, 9.17) is 0 Å². The number of nitrogens with zero attached hydrogens (tertiary/aromatic N) is 2. The third kappa shape index (κ3) is 3.58. The van der Waals surface area contributed by atoms with Gasteiger partial charge in [-0.3, -0.25) is 0 Å². The summed E-state index contributed by atoms with van der Waals surface area (Å²) >= 11 is 0. The first-order valence-electron chi connectivity index (χ1n) is 6.92. The minimum atomic E-state index is -0.00222. The molecule has 1 unspecified atom stereocenters. The van der Waals surface area contributed by atoms with E-state index in [1.54, 1.807) is 0 Å². The third-order valence-electron chi connectivity index (χ3n) is 3.90. The van der Waals surface area contributed by atoms with Gasteiger partial charge in [-0.15, -0.1) is 0 Å². The van der Waals surface area contributed by atoms with Crippen LogP contribution in [0.25, 0.3) is 0 Å². The van der Waals surface area contributed by atoms with Crippen LogP contribution in [0.4, 0.5) is 0 Å². The van der Waals surface area contributed by atoms with Gasteiger partial charge in [0.05, 0.1) is 12.0 Å². The monoisotopic (exact) mass is 242 g/mol. The van der Waals surface area contributed by atoms with E-state index >= 15 is 0 Å². The molecule has 1 atom stereocenters. The Morgan fingerprint density at radius 1 is 1.28 bits per heavy atom. The highest BCUT2D eigenvalue weighted by molar-refractivity contribution is 5.25. The standard InChI is InChI=1S/C16H22N2/c1-18(12-14-7-5-6-8-14)13-16(11-17)15-9-3-2-4-10-15/h2-4,9-10,14,16H,5-8,12-13H2,1H3.